The minimum Gasteiger partial charge on any atom is -0.309 e. The average molecular weight is 348 g/mol. The van der Waals surface area contributed by atoms with E-state index in [0.717, 1.165) is 10.0 Å². The zero-order valence-electron chi connectivity index (χ0n) is 11.9. The van der Waals surface area contributed by atoms with Gasteiger partial charge in [-0.15, -0.1) is 0 Å². The predicted molar refractivity (Wildman–Crippen MR) is 84.1 cm³/mol. The van der Waals surface area contributed by atoms with Crippen LogP contribution in [0.5, 0.6) is 0 Å². The number of sulfone groups is 1. The lowest BCUT2D eigenvalue weighted by Crippen LogP contribution is -2.35. The second kappa shape index (κ2) is 6.37. The number of rotatable bonds is 5. The highest BCUT2D eigenvalue weighted by Crippen LogP contribution is 2.18. The molecule has 0 spiro atoms. The predicted octanol–water partition coefficient (Wildman–Crippen LogP) is 3.31. The number of hydrogen-bond donors (Lipinski definition) is 1. The molecule has 0 fully saturated rings. The fourth-order valence-electron chi connectivity index (χ4n) is 1.61. The van der Waals surface area contributed by atoms with Crippen molar-refractivity contribution in [3.05, 3.63) is 34.3 Å². The Morgan fingerprint density at radius 3 is 2.47 bits per heavy atom. The molecule has 0 aliphatic rings. The van der Waals surface area contributed by atoms with Crippen LogP contribution in [0.3, 0.4) is 0 Å². The molecule has 0 aliphatic carbocycles. The summed E-state index contributed by atoms with van der Waals surface area (Å²) in [5.74, 6) is 0.162. The molecule has 19 heavy (non-hydrogen) atoms. The third-order valence-corrected chi connectivity index (χ3v) is 6.20. The van der Waals surface area contributed by atoms with Gasteiger partial charge in [-0.1, -0.05) is 28.1 Å². The molecule has 108 valence electrons. The van der Waals surface area contributed by atoms with E-state index in [1.807, 2.05) is 31.2 Å². The van der Waals surface area contributed by atoms with Gasteiger partial charge in [0.15, 0.2) is 9.84 Å². The Kier molecular flexibility index (Phi) is 5.59. The van der Waals surface area contributed by atoms with Crippen LogP contribution in [0.25, 0.3) is 0 Å². The zero-order chi connectivity index (χ0) is 14.7. The molecule has 1 rings (SSSR count). The summed E-state index contributed by atoms with van der Waals surface area (Å²) < 4.78 is 24.3. The summed E-state index contributed by atoms with van der Waals surface area (Å²) in [5.41, 5.74) is 1.14. The summed E-state index contributed by atoms with van der Waals surface area (Å²) in [7, 11) is -3.06. The average Bonchev–Trinajstić information content (AvgIpc) is 2.27. The largest absolute Gasteiger partial charge is 0.309 e. The molecule has 0 amide bonds. The summed E-state index contributed by atoms with van der Waals surface area (Å²) in [6, 6.07) is 8.15. The van der Waals surface area contributed by atoms with Crippen LogP contribution in [0.4, 0.5) is 0 Å². The van der Waals surface area contributed by atoms with Crippen molar-refractivity contribution < 1.29 is 8.42 Å². The Bertz CT molecular complexity index is 520. The van der Waals surface area contributed by atoms with Crippen molar-refractivity contribution in [2.75, 3.05) is 12.3 Å². The van der Waals surface area contributed by atoms with Gasteiger partial charge >= 0.3 is 0 Å². The van der Waals surface area contributed by atoms with Crippen LogP contribution in [0.2, 0.25) is 0 Å². The van der Waals surface area contributed by atoms with Crippen LogP contribution < -0.4 is 5.32 Å². The van der Waals surface area contributed by atoms with E-state index in [1.165, 1.54) is 0 Å². The van der Waals surface area contributed by atoms with Gasteiger partial charge < -0.3 is 5.32 Å². The second-order valence-electron chi connectivity index (χ2n) is 5.66. The maximum Gasteiger partial charge on any atom is 0.156 e. The first kappa shape index (κ1) is 16.7. The Hall–Kier alpha value is -0.390. The van der Waals surface area contributed by atoms with Gasteiger partial charge in [-0.25, -0.2) is 8.42 Å². The molecule has 0 radical (unpaired) electrons. The highest BCUT2D eigenvalue weighted by atomic mass is 79.9. The first-order chi connectivity index (χ1) is 8.63. The molecule has 1 aromatic carbocycles. The maximum atomic E-state index is 12.0. The lowest BCUT2D eigenvalue weighted by atomic mass is 10.1. The fraction of sp³-hybridized carbons (Fsp3) is 0.571. The van der Waals surface area contributed by atoms with Crippen LogP contribution >= 0.6 is 15.9 Å². The SMILES string of the molecule is CC(NCCS(=O)(=O)C(C)(C)C)c1cccc(Br)c1. The highest BCUT2D eigenvalue weighted by molar-refractivity contribution is 9.10. The van der Waals surface area contributed by atoms with Crippen molar-refractivity contribution in [3.8, 4) is 0 Å². The molecule has 1 atom stereocenters. The highest BCUT2D eigenvalue weighted by Gasteiger charge is 2.28. The first-order valence-corrected chi connectivity index (χ1v) is 8.79. The van der Waals surface area contributed by atoms with E-state index in [2.05, 4.69) is 21.2 Å². The number of nitrogens with one attached hydrogen (secondary N) is 1. The smallest absolute Gasteiger partial charge is 0.156 e. The molecule has 1 aromatic rings. The van der Waals surface area contributed by atoms with Crippen LogP contribution in [0.1, 0.15) is 39.3 Å². The Morgan fingerprint density at radius 1 is 1.32 bits per heavy atom. The molecule has 0 saturated carbocycles. The molecule has 0 heterocycles. The Labute approximate surface area is 124 Å². The zero-order valence-corrected chi connectivity index (χ0v) is 14.3. The molecule has 0 saturated heterocycles. The summed E-state index contributed by atoms with van der Waals surface area (Å²) in [6.45, 7) is 7.71. The standard InChI is InChI=1S/C14H22BrNO2S/c1-11(12-6-5-7-13(15)10-12)16-8-9-19(17,18)14(2,3)4/h5-7,10-11,16H,8-9H2,1-4H3. The summed E-state index contributed by atoms with van der Waals surface area (Å²) in [6.07, 6.45) is 0. The summed E-state index contributed by atoms with van der Waals surface area (Å²) >= 11 is 3.43. The van der Waals surface area contributed by atoms with Crippen molar-refractivity contribution in [1.82, 2.24) is 5.32 Å². The van der Waals surface area contributed by atoms with Gasteiger partial charge in [-0.3, -0.25) is 0 Å². The second-order valence-corrected chi connectivity index (χ2v) is 9.44. The van der Waals surface area contributed by atoms with Crippen LogP contribution in [0.15, 0.2) is 28.7 Å². The van der Waals surface area contributed by atoms with Crippen LogP contribution in [-0.4, -0.2) is 25.5 Å². The molecule has 5 heteroatoms. The van der Waals surface area contributed by atoms with Crippen molar-refractivity contribution in [1.29, 1.82) is 0 Å². The lowest BCUT2D eigenvalue weighted by molar-refractivity contribution is 0.546. The van der Waals surface area contributed by atoms with Gasteiger partial charge in [-0.05, 0) is 45.4 Å². The molecular weight excluding hydrogens is 326 g/mol. The summed E-state index contributed by atoms with van der Waals surface area (Å²) in [5, 5.41) is 3.25. The molecule has 3 nitrogen and oxygen atoms in total. The van der Waals surface area contributed by atoms with E-state index in [0.29, 0.717) is 6.54 Å². The normalized spacial score (nSPS) is 14.4. The topological polar surface area (TPSA) is 46.2 Å². The molecule has 1 N–H and O–H groups in total. The number of halogens is 1. The van der Waals surface area contributed by atoms with Crippen LogP contribution in [0, 0.1) is 0 Å². The van der Waals surface area contributed by atoms with E-state index >= 15 is 0 Å². The number of benzene rings is 1. The van der Waals surface area contributed by atoms with Gasteiger partial charge in [0, 0.05) is 17.1 Å². The van der Waals surface area contributed by atoms with E-state index in [9.17, 15) is 8.42 Å². The fourth-order valence-corrected chi connectivity index (χ4v) is 3.03. The van der Waals surface area contributed by atoms with Gasteiger partial charge in [0.05, 0.1) is 10.5 Å². The molecule has 0 aliphatic heterocycles. The third kappa shape index (κ3) is 4.89. The third-order valence-electron chi connectivity index (χ3n) is 3.10. The molecule has 0 bridgehead atoms. The van der Waals surface area contributed by atoms with Gasteiger partial charge in [0.25, 0.3) is 0 Å². The Morgan fingerprint density at radius 2 is 1.95 bits per heavy atom. The minimum absolute atomic E-state index is 0.132. The minimum atomic E-state index is -3.06. The number of hydrogen-bond acceptors (Lipinski definition) is 3. The quantitative estimate of drug-likeness (QED) is 0.888. The van der Waals surface area contributed by atoms with E-state index < -0.39 is 14.6 Å². The van der Waals surface area contributed by atoms with Crippen molar-refractivity contribution in [2.24, 2.45) is 0 Å². The van der Waals surface area contributed by atoms with Gasteiger partial charge in [0.2, 0.25) is 0 Å². The molecule has 1 unspecified atom stereocenters. The molecular formula is C14H22BrNO2S. The maximum absolute atomic E-state index is 12.0. The molecule has 0 aromatic heterocycles. The lowest BCUT2D eigenvalue weighted by Gasteiger charge is -2.20. The van der Waals surface area contributed by atoms with Crippen molar-refractivity contribution >= 4 is 25.8 Å². The van der Waals surface area contributed by atoms with E-state index in [1.54, 1.807) is 20.8 Å². The summed E-state index contributed by atoms with van der Waals surface area (Å²) in [4.78, 5) is 0. The van der Waals surface area contributed by atoms with E-state index in [-0.39, 0.29) is 11.8 Å². The van der Waals surface area contributed by atoms with E-state index in [4.69, 9.17) is 0 Å². The monoisotopic (exact) mass is 347 g/mol. The van der Waals surface area contributed by atoms with Crippen LogP contribution in [-0.2, 0) is 9.84 Å². The van der Waals surface area contributed by atoms with Gasteiger partial charge in [-0.2, -0.15) is 0 Å². The van der Waals surface area contributed by atoms with Crippen molar-refractivity contribution in [3.63, 3.8) is 0 Å². The van der Waals surface area contributed by atoms with Gasteiger partial charge in [0.1, 0.15) is 0 Å². The first-order valence-electron chi connectivity index (χ1n) is 6.34. The Balaban J connectivity index is 2.55. The van der Waals surface area contributed by atoms with Crippen molar-refractivity contribution in [2.45, 2.75) is 38.5 Å².